The lowest BCUT2D eigenvalue weighted by molar-refractivity contribution is 0.0675. The van der Waals surface area contributed by atoms with Crippen molar-refractivity contribution in [2.75, 3.05) is 0 Å². The molecule has 1 fully saturated rings. The summed E-state index contributed by atoms with van der Waals surface area (Å²) < 4.78 is 0. The molecule has 3 aromatic rings. The van der Waals surface area contributed by atoms with E-state index in [0.29, 0.717) is 5.69 Å². The average Bonchev–Trinajstić information content (AvgIpc) is 3.21. The van der Waals surface area contributed by atoms with Crippen LogP contribution in [0.3, 0.4) is 0 Å². The molecule has 1 aliphatic carbocycles. The summed E-state index contributed by atoms with van der Waals surface area (Å²) in [7, 11) is 0. The second-order valence-electron chi connectivity index (χ2n) is 7.78. The van der Waals surface area contributed by atoms with E-state index in [9.17, 15) is 4.79 Å². The summed E-state index contributed by atoms with van der Waals surface area (Å²) in [6.45, 7) is 0. The Morgan fingerprint density at radius 1 is 0.933 bits per heavy atom. The number of fused-ring (bicyclic) bond motifs is 1. The molecule has 5 rings (SSSR count). The van der Waals surface area contributed by atoms with Crippen molar-refractivity contribution in [3.63, 3.8) is 0 Å². The molecule has 2 aromatic carbocycles. The molecule has 0 spiro atoms. The van der Waals surface area contributed by atoms with Gasteiger partial charge in [-0.3, -0.25) is 9.78 Å². The Bertz CT molecular complexity index is 1090. The molecule has 30 heavy (non-hydrogen) atoms. The number of carbonyl (C=O) groups is 1. The number of amides is 1. The van der Waals surface area contributed by atoms with E-state index in [4.69, 9.17) is 5.10 Å². The van der Waals surface area contributed by atoms with Gasteiger partial charge < -0.3 is 0 Å². The molecule has 1 saturated carbocycles. The van der Waals surface area contributed by atoms with Gasteiger partial charge in [-0.2, -0.15) is 5.10 Å². The second-order valence-corrected chi connectivity index (χ2v) is 7.78. The van der Waals surface area contributed by atoms with Gasteiger partial charge in [0.25, 0.3) is 5.91 Å². The molecule has 2 atom stereocenters. The lowest BCUT2D eigenvalue weighted by Gasteiger charge is -2.29. The molecule has 2 heterocycles. The Morgan fingerprint density at radius 3 is 2.40 bits per heavy atom. The number of rotatable bonds is 3. The number of pyridine rings is 1. The van der Waals surface area contributed by atoms with Crippen LogP contribution in [0.25, 0.3) is 6.08 Å². The molecular weight excluding hydrogens is 370 g/mol. The minimum Gasteiger partial charge on any atom is -0.265 e. The standard InChI is InChI=1S/C26H23N3O/c30-26(23-16-7-8-17-27-23)29-25(20-12-5-2-6-13-20)22-15-9-14-21(24(22)28-29)18-19-10-3-1-4-11-19/h1-8,10-13,16-18,22,25H,9,14-15H2/b21-18+/t22-,25-/m1/s1. The van der Waals surface area contributed by atoms with Crippen LogP contribution >= 0.6 is 0 Å². The number of aromatic nitrogens is 1. The van der Waals surface area contributed by atoms with Gasteiger partial charge in [-0.15, -0.1) is 0 Å². The Morgan fingerprint density at radius 2 is 1.67 bits per heavy atom. The average molecular weight is 393 g/mol. The largest absolute Gasteiger partial charge is 0.293 e. The van der Waals surface area contributed by atoms with Crippen molar-refractivity contribution in [3.8, 4) is 0 Å². The van der Waals surface area contributed by atoms with E-state index < -0.39 is 0 Å². The van der Waals surface area contributed by atoms with E-state index in [1.165, 1.54) is 11.1 Å². The predicted octanol–water partition coefficient (Wildman–Crippen LogP) is 5.52. The number of carbonyl (C=O) groups excluding carboxylic acids is 1. The van der Waals surface area contributed by atoms with E-state index >= 15 is 0 Å². The van der Waals surface area contributed by atoms with Crippen LogP contribution in [0.4, 0.5) is 0 Å². The number of hydrogen-bond donors (Lipinski definition) is 0. The zero-order chi connectivity index (χ0) is 20.3. The van der Waals surface area contributed by atoms with Crippen molar-refractivity contribution in [2.45, 2.75) is 25.3 Å². The molecular formula is C26H23N3O. The molecule has 4 nitrogen and oxygen atoms in total. The van der Waals surface area contributed by atoms with Crippen molar-refractivity contribution in [2.24, 2.45) is 11.0 Å². The summed E-state index contributed by atoms with van der Waals surface area (Å²) in [6, 6.07) is 25.9. The van der Waals surface area contributed by atoms with Crippen molar-refractivity contribution in [1.82, 2.24) is 9.99 Å². The van der Waals surface area contributed by atoms with E-state index in [2.05, 4.69) is 35.3 Å². The fourth-order valence-corrected chi connectivity index (χ4v) is 4.51. The fraction of sp³-hybridized carbons (Fsp3) is 0.192. The van der Waals surface area contributed by atoms with Gasteiger partial charge >= 0.3 is 0 Å². The molecule has 0 N–H and O–H groups in total. The molecule has 1 aliphatic heterocycles. The quantitative estimate of drug-likeness (QED) is 0.588. The molecule has 1 amide bonds. The first-order valence-electron chi connectivity index (χ1n) is 10.5. The van der Waals surface area contributed by atoms with Gasteiger partial charge in [0, 0.05) is 12.1 Å². The van der Waals surface area contributed by atoms with Gasteiger partial charge in [-0.1, -0.05) is 66.7 Å². The summed E-state index contributed by atoms with van der Waals surface area (Å²) in [5.74, 6) is 0.0502. The Balaban J connectivity index is 1.58. The maximum Gasteiger partial charge on any atom is 0.293 e. The van der Waals surface area contributed by atoms with E-state index in [1.54, 1.807) is 17.3 Å². The maximum absolute atomic E-state index is 13.4. The summed E-state index contributed by atoms with van der Waals surface area (Å²) in [5, 5.41) is 6.58. The zero-order valence-corrected chi connectivity index (χ0v) is 16.7. The van der Waals surface area contributed by atoms with Gasteiger partial charge in [0.2, 0.25) is 0 Å². The number of nitrogens with zero attached hydrogens (tertiary/aromatic N) is 3. The predicted molar refractivity (Wildman–Crippen MR) is 119 cm³/mol. The van der Waals surface area contributed by atoms with Gasteiger partial charge in [0.1, 0.15) is 5.69 Å². The van der Waals surface area contributed by atoms with Crippen LogP contribution in [0, 0.1) is 5.92 Å². The van der Waals surface area contributed by atoms with E-state index in [0.717, 1.165) is 30.5 Å². The molecule has 2 aliphatic rings. The number of hydrogen-bond acceptors (Lipinski definition) is 3. The monoisotopic (exact) mass is 393 g/mol. The van der Waals surface area contributed by atoms with Gasteiger partial charge in [-0.05, 0) is 54.2 Å². The van der Waals surface area contributed by atoms with Crippen LogP contribution in [0.15, 0.2) is 95.7 Å². The van der Waals surface area contributed by atoms with Crippen LogP contribution < -0.4 is 0 Å². The maximum atomic E-state index is 13.4. The first-order valence-corrected chi connectivity index (χ1v) is 10.5. The molecule has 148 valence electrons. The van der Waals surface area contributed by atoms with Crippen molar-refractivity contribution in [3.05, 3.63) is 107 Å². The summed E-state index contributed by atoms with van der Waals surface area (Å²) >= 11 is 0. The van der Waals surface area contributed by atoms with Crippen molar-refractivity contribution in [1.29, 1.82) is 0 Å². The lowest BCUT2D eigenvalue weighted by Crippen LogP contribution is -2.32. The third-order valence-electron chi connectivity index (χ3n) is 5.88. The third-order valence-corrected chi connectivity index (χ3v) is 5.88. The van der Waals surface area contributed by atoms with Crippen LogP contribution in [-0.2, 0) is 0 Å². The number of benzene rings is 2. The highest BCUT2D eigenvalue weighted by atomic mass is 16.2. The Labute approximate surface area is 176 Å². The fourth-order valence-electron chi connectivity index (χ4n) is 4.51. The van der Waals surface area contributed by atoms with Crippen molar-refractivity contribution >= 4 is 17.7 Å². The highest BCUT2D eigenvalue weighted by molar-refractivity contribution is 6.09. The highest BCUT2D eigenvalue weighted by Gasteiger charge is 2.44. The first-order chi connectivity index (χ1) is 14.8. The minimum absolute atomic E-state index is 0.102. The molecule has 0 unspecified atom stereocenters. The van der Waals surface area contributed by atoms with Gasteiger partial charge in [0.15, 0.2) is 0 Å². The van der Waals surface area contributed by atoms with E-state index in [1.807, 2.05) is 48.5 Å². The summed E-state index contributed by atoms with van der Waals surface area (Å²) in [4.78, 5) is 17.7. The smallest absolute Gasteiger partial charge is 0.265 e. The van der Waals surface area contributed by atoms with Crippen LogP contribution in [-0.4, -0.2) is 21.6 Å². The summed E-state index contributed by atoms with van der Waals surface area (Å²) in [5.41, 5.74) is 4.99. The topological polar surface area (TPSA) is 45.6 Å². The Hall–Kier alpha value is -3.53. The molecule has 4 heteroatoms. The SMILES string of the molecule is O=C(c1ccccn1)N1N=C2/C(=C/c3ccccc3)CCC[C@H]2[C@H]1c1ccccc1. The van der Waals surface area contributed by atoms with Crippen LogP contribution in [0.5, 0.6) is 0 Å². The van der Waals surface area contributed by atoms with Crippen LogP contribution in [0.2, 0.25) is 0 Å². The first kappa shape index (κ1) is 18.5. The van der Waals surface area contributed by atoms with Crippen LogP contribution in [0.1, 0.15) is 46.9 Å². The summed E-state index contributed by atoms with van der Waals surface area (Å²) in [6.07, 6.45) is 6.98. The molecule has 0 saturated heterocycles. The normalized spacial score (nSPS) is 21.9. The van der Waals surface area contributed by atoms with E-state index in [-0.39, 0.29) is 17.9 Å². The third kappa shape index (κ3) is 3.45. The molecule has 1 aromatic heterocycles. The lowest BCUT2D eigenvalue weighted by atomic mass is 9.77. The number of allylic oxidation sites excluding steroid dienone is 1. The second kappa shape index (κ2) is 8.07. The zero-order valence-electron chi connectivity index (χ0n) is 16.7. The van der Waals surface area contributed by atoms with Gasteiger partial charge in [-0.25, -0.2) is 5.01 Å². The molecule has 0 radical (unpaired) electrons. The van der Waals surface area contributed by atoms with Gasteiger partial charge in [0.05, 0.1) is 11.8 Å². The minimum atomic E-state index is -0.148. The Kier molecular flexibility index (Phi) is 4.98. The number of hydrazone groups is 1. The van der Waals surface area contributed by atoms with Crippen molar-refractivity contribution < 1.29 is 4.79 Å². The molecule has 0 bridgehead atoms. The highest BCUT2D eigenvalue weighted by Crippen LogP contribution is 2.44.